The van der Waals surface area contributed by atoms with Crippen LogP contribution in [0, 0.1) is 5.82 Å². The van der Waals surface area contributed by atoms with Gasteiger partial charge in [0, 0.05) is 5.56 Å². The molecule has 0 aromatic heterocycles. The van der Waals surface area contributed by atoms with Crippen LogP contribution in [0.1, 0.15) is 10.4 Å². The summed E-state index contributed by atoms with van der Waals surface area (Å²) < 4.78 is 13.1. The summed E-state index contributed by atoms with van der Waals surface area (Å²) in [7, 11) is 0. The van der Waals surface area contributed by atoms with Gasteiger partial charge in [0.05, 0.1) is 10.0 Å². The van der Waals surface area contributed by atoms with Crippen molar-refractivity contribution in [1.82, 2.24) is 0 Å². The quantitative estimate of drug-likeness (QED) is 0.893. The Morgan fingerprint density at radius 3 is 2.39 bits per heavy atom. The van der Waals surface area contributed by atoms with Crippen molar-refractivity contribution >= 4 is 29.1 Å². The van der Waals surface area contributed by atoms with E-state index in [4.69, 9.17) is 28.9 Å². The number of rotatable bonds is 2. The topological polar surface area (TPSA) is 43.1 Å². The summed E-state index contributed by atoms with van der Waals surface area (Å²) in [5, 5.41) is 0.761. The molecule has 2 aromatic carbocycles. The molecule has 0 aliphatic rings. The van der Waals surface area contributed by atoms with Crippen molar-refractivity contribution in [2.24, 2.45) is 5.73 Å². The standard InChI is InChI=1S/C13H8Cl2FNO/c14-11-4-1-7(5-12(11)15)9-3-2-8(16)6-10(9)13(17)18/h1-6H,(H2,17,18). The maximum atomic E-state index is 13.1. The molecule has 0 fully saturated rings. The third-order valence-corrected chi connectivity index (χ3v) is 3.22. The molecule has 0 spiro atoms. The largest absolute Gasteiger partial charge is 0.366 e. The number of hydrogen-bond acceptors (Lipinski definition) is 1. The number of benzene rings is 2. The smallest absolute Gasteiger partial charge is 0.249 e. The highest BCUT2D eigenvalue weighted by Gasteiger charge is 2.12. The molecule has 0 radical (unpaired) electrons. The molecule has 0 atom stereocenters. The third-order valence-electron chi connectivity index (χ3n) is 2.48. The first kappa shape index (κ1) is 12.9. The summed E-state index contributed by atoms with van der Waals surface area (Å²) in [5.74, 6) is -1.22. The molecule has 0 unspecified atom stereocenters. The van der Waals surface area contributed by atoms with Crippen molar-refractivity contribution in [2.75, 3.05) is 0 Å². The van der Waals surface area contributed by atoms with Crippen molar-refractivity contribution < 1.29 is 9.18 Å². The molecule has 2 rings (SSSR count). The highest BCUT2D eigenvalue weighted by atomic mass is 35.5. The lowest BCUT2D eigenvalue weighted by atomic mass is 9.99. The van der Waals surface area contributed by atoms with Crippen LogP contribution in [0.25, 0.3) is 11.1 Å². The van der Waals surface area contributed by atoms with Gasteiger partial charge in [0.2, 0.25) is 5.91 Å². The first-order valence-electron chi connectivity index (χ1n) is 5.04. The molecule has 2 aromatic rings. The number of primary amides is 1. The molecule has 1 amide bonds. The Kier molecular flexibility index (Phi) is 3.55. The summed E-state index contributed by atoms with van der Waals surface area (Å²) in [6.07, 6.45) is 0. The van der Waals surface area contributed by atoms with Crippen LogP contribution in [0.15, 0.2) is 36.4 Å². The minimum atomic E-state index is -0.699. The molecule has 92 valence electrons. The Morgan fingerprint density at radius 1 is 1.06 bits per heavy atom. The molecule has 0 aliphatic carbocycles. The van der Waals surface area contributed by atoms with Gasteiger partial charge in [-0.05, 0) is 35.4 Å². The van der Waals surface area contributed by atoms with Gasteiger partial charge in [-0.2, -0.15) is 0 Å². The van der Waals surface area contributed by atoms with Crippen molar-refractivity contribution in [2.45, 2.75) is 0 Å². The third kappa shape index (κ3) is 2.47. The van der Waals surface area contributed by atoms with E-state index >= 15 is 0 Å². The van der Waals surface area contributed by atoms with Crippen LogP contribution in [0.3, 0.4) is 0 Å². The first-order chi connectivity index (χ1) is 8.49. The van der Waals surface area contributed by atoms with E-state index in [9.17, 15) is 9.18 Å². The first-order valence-corrected chi connectivity index (χ1v) is 5.79. The van der Waals surface area contributed by atoms with Crippen LogP contribution < -0.4 is 5.73 Å². The predicted molar refractivity (Wildman–Crippen MR) is 70.4 cm³/mol. The summed E-state index contributed by atoms with van der Waals surface area (Å²) >= 11 is 11.7. The number of carbonyl (C=O) groups is 1. The number of hydrogen-bond donors (Lipinski definition) is 1. The number of amides is 1. The normalized spacial score (nSPS) is 10.4. The van der Waals surface area contributed by atoms with Gasteiger partial charge in [0.15, 0.2) is 0 Å². The minimum Gasteiger partial charge on any atom is -0.366 e. The Hall–Kier alpha value is -1.58. The zero-order valence-corrected chi connectivity index (χ0v) is 10.6. The van der Waals surface area contributed by atoms with Crippen LogP contribution >= 0.6 is 23.2 Å². The molecule has 18 heavy (non-hydrogen) atoms. The minimum absolute atomic E-state index is 0.105. The molecule has 0 saturated carbocycles. The second-order valence-corrected chi connectivity index (χ2v) is 4.50. The fraction of sp³-hybridized carbons (Fsp3) is 0. The number of nitrogens with two attached hydrogens (primary N) is 1. The lowest BCUT2D eigenvalue weighted by molar-refractivity contribution is 0.100. The average molecular weight is 284 g/mol. The molecule has 0 saturated heterocycles. The monoisotopic (exact) mass is 283 g/mol. The second kappa shape index (κ2) is 4.96. The van der Waals surface area contributed by atoms with Crippen molar-refractivity contribution in [3.05, 3.63) is 57.8 Å². The van der Waals surface area contributed by atoms with E-state index in [2.05, 4.69) is 0 Å². The van der Waals surface area contributed by atoms with Crippen molar-refractivity contribution in [3.63, 3.8) is 0 Å². The van der Waals surface area contributed by atoms with Crippen molar-refractivity contribution in [3.8, 4) is 11.1 Å². The summed E-state index contributed by atoms with van der Waals surface area (Å²) in [4.78, 5) is 11.3. The summed E-state index contributed by atoms with van der Waals surface area (Å²) in [5.41, 5.74) is 6.50. The second-order valence-electron chi connectivity index (χ2n) is 3.68. The van der Waals surface area contributed by atoms with Gasteiger partial charge in [-0.25, -0.2) is 4.39 Å². The lowest BCUT2D eigenvalue weighted by Crippen LogP contribution is -2.12. The van der Waals surface area contributed by atoms with E-state index in [0.29, 0.717) is 21.2 Å². The zero-order valence-electron chi connectivity index (χ0n) is 9.08. The molecule has 0 aliphatic heterocycles. The Morgan fingerprint density at radius 2 is 1.78 bits per heavy atom. The van der Waals surface area contributed by atoms with Crippen LogP contribution in [-0.2, 0) is 0 Å². The lowest BCUT2D eigenvalue weighted by Gasteiger charge is -2.08. The van der Waals surface area contributed by atoms with Crippen molar-refractivity contribution in [1.29, 1.82) is 0 Å². The average Bonchev–Trinajstić information content (AvgIpc) is 2.32. The van der Waals surface area contributed by atoms with Gasteiger partial charge < -0.3 is 5.73 Å². The van der Waals surface area contributed by atoms with E-state index in [1.165, 1.54) is 12.1 Å². The molecular formula is C13H8Cl2FNO. The van der Waals surface area contributed by atoms with Gasteiger partial charge in [-0.15, -0.1) is 0 Å². The van der Waals surface area contributed by atoms with E-state index < -0.39 is 11.7 Å². The van der Waals surface area contributed by atoms with Crippen LogP contribution in [0.5, 0.6) is 0 Å². The van der Waals surface area contributed by atoms with Gasteiger partial charge in [0.1, 0.15) is 5.82 Å². The van der Waals surface area contributed by atoms with E-state index in [0.717, 1.165) is 6.07 Å². The molecule has 0 bridgehead atoms. The predicted octanol–water partition coefficient (Wildman–Crippen LogP) is 3.90. The highest BCUT2D eigenvalue weighted by Crippen LogP contribution is 2.30. The zero-order chi connectivity index (χ0) is 13.3. The summed E-state index contributed by atoms with van der Waals surface area (Å²) in [6, 6.07) is 8.73. The Bertz CT molecular complexity index is 628. The number of halogens is 3. The fourth-order valence-electron chi connectivity index (χ4n) is 1.64. The van der Waals surface area contributed by atoms with E-state index in [1.807, 2.05) is 0 Å². The van der Waals surface area contributed by atoms with Crippen LogP contribution in [-0.4, -0.2) is 5.91 Å². The maximum absolute atomic E-state index is 13.1. The van der Waals surface area contributed by atoms with Gasteiger partial charge in [-0.1, -0.05) is 35.3 Å². The molecule has 2 nitrogen and oxygen atoms in total. The SMILES string of the molecule is NC(=O)c1cc(F)ccc1-c1ccc(Cl)c(Cl)c1. The highest BCUT2D eigenvalue weighted by molar-refractivity contribution is 6.42. The van der Waals surface area contributed by atoms with E-state index in [-0.39, 0.29) is 5.56 Å². The fourth-order valence-corrected chi connectivity index (χ4v) is 1.93. The maximum Gasteiger partial charge on any atom is 0.249 e. The summed E-state index contributed by atoms with van der Waals surface area (Å²) in [6.45, 7) is 0. The van der Waals surface area contributed by atoms with Crippen LogP contribution in [0.4, 0.5) is 4.39 Å². The molecular weight excluding hydrogens is 276 g/mol. The number of carbonyl (C=O) groups excluding carboxylic acids is 1. The van der Waals surface area contributed by atoms with Gasteiger partial charge >= 0.3 is 0 Å². The van der Waals surface area contributed by atoms with Crippen LogP contribution in [0.2, 0.25) is 10.0 Å². The van der Waals surface area contributed by atoms with Gasteiger partial charge in [0.25, 0.3) is 0 Å². The van der Waals surface area contributed by atoms with E-state index in [1.54, 1.807) is 18.2 Å². The Balaban J connectivity index is 2.63. The molecule has 5 heteroatoms. The molecule has 2 N–H and O–H groups in total. The Labute approximate surface area is 113 Å². The van der Waals surface area contributed by atoms with Gasteiger partial charge in [-0.3, -0.25) is 4.79 Å². The molecule has 0 heterocycles.